The Labute approximate surface area is 101 Å². The van der Waals surface area contributed by atoms with Crippen LogP contribution in [0.15, 0.2) is 0 Å². The van der Waals surface area contributed by atoms with Crippen LogP contribution in [0.5, 0.6) is 0 Å². The van der Waals surface area contributed by atoms with Crippen LogP contribution in [0, 0.1) is 0 Å². The van der Waals surface area contributed by atoms with Gasteiger partial charge in [0.05, 0.1) is 32.0 Å². The Kier molecular flexibility index (Phi) is 5.77. The first-order chi connectivity index (χ1) is 7.96. The molecule has 17 heavy (non-hydrogen) atoms. The molecule has 1 rings (SSSR count). The molecule has 102 valence electrons. The summed E-state index contributed by atoms with van der Waals surface area (Å²) in [6.45, 7) is 0.413. The average molecular weight is 269 g/mol. The highest BCUT2D eigenvalue weighted by molar-refractivity contribution is 7.84. The normalized spacial score (nSPS) is 31.1. The maximum Gasteiger partial charge on any atom is 0.335 e. The average Bonchev–Trinajstić information content (AvgIpc) is 2.48. The molecular formula is C9H19NO6S. The molecule has 0 spiro atoms. The van der Waals surface area contributed by atoms with Crippen molar-refractivity contribution in [2.24, 2.45) is 0 Å². The van der Waals surface area contributed by atoms with E-state index < -0.39 is 16.4 Å². The maximum absolute atomic E-state index is 11.1. The van der Waals surface area contributed by atoms with Crippen LogP contribution in [0.4, 0.5) is 0 Å². The van der Waals surface area contributed by atoms with Crippen LogP contribution >= 0.6 is 0 Å². The highest BCUT2D eigenvalue weighted by atomic mass is 32.2. The minimum atomic E-state index is -3.71. The van der Waals surface area contributed by atoms with Gasteiger partial charge in [0.1, 0.15) is 0 Å². The zero-order valence-corrected chi connectivity index (χ0v) is 10.8. The molecule has 1 saturated heterocycles. The molecule has 0 aromatic heterocycles. The molecule has 0 radical (unpaired) electrons. The summed E-state index contributed by atoms with van der Waals surface area (Å²) in [4.78, 5) is 0. The van der Waals surface area contributed by atoms with E-state index in [1.165, 1.54) is 0 Å². The standard InChI is InChI=1S/C9H19NO6S/c1-14-9-4-7(11)3-8(16-6-9)5-10-17(12,13)15-2/h7-11H,3-6H2,1-2H3/t7-,8?,9+/m1/s1. The summed E-state index contributed by atoms with van der Waals surface area (Å²) in [5.74, 6) is 0. The van der Waals surface area contributed by atoms with Crippen molar-refractivity contribution >= 4 is 10.3 Å². The van der Waals surface area contributed by atoms with Crippen LogP contribution in [-0.2, 0) is 24.0 Å². The second kappa shape index (κ2) is 6.62. The van der Waals surface area contributed by atoms with Crippen molar-refractivity contribution in [2.75, 3.05) is 27.4 Å². The fourth-order valence-corrected chi connectivity index (χ4v) is 2.15. The Morgan fingerprint density at radius 1 is 1.41 bits per heavy atom. The summed E-state index contributed by atoms with van der Waals surface area (Å²) in [6, 6.07) is 0. The third kappa shape index (κ3) is 5.28. The molecular weight excluding hydrogens is 250 g/mol. The van der Waals surface area contributed by atoms with Gasteiger partial charge in [0.25, 0.3) is 0 Å². The van der Waals surface area contributed by atoms with Gasteiger partial charge in [-0.2, -0.15) is 13.1 Å². The first-order valence-electron chi connectivity index (χ1n) is 5.34. The molecule has 1 fully saturated rings. The fourth-order valence-electron chi connectivity index (χ4n) is 1.64. The van der Waals surface area contributed by atoms with Crippen LogP contribution in [0.25, 0.3) is 0 Å². The molecule has 1 aliphatic rings. The summed E-state index contributed by atoms with van der Waals surface area (Å²) >= 11 is 0. The van der Waals surface area contributed by atoms with Gasteiger partial charge < -0.3 is 14.6 Å². The SMILES string of the molecule is CO[C@@H]1COC(CNS(=O)(=O)OC)C[C@@H](O)C1. The van der Waals surface area contributed by atoms with E-state index in [9.17, 15) is 13.5 Å². The van der Waals surface area contributed by atoms with Crippen LogP contribution in [-0.4, -0.2) is 59.2 Å². The lowest BCUT2D eigenvalue weighted by Gasteiger charge is -2.16. The molecule has 2 N–H and O–H groups in total. The number of methoxy groups -OCH3 is 1. The minimum absolute atomic E-state index is 0.0731. The van der Waals surface area contributed by atoms with E-state index in [2.05, 4.69) is 8.91 Å². The molecule has 1 aliphatic heterocycles. The number of rotatable bonds is 5. The lowest BCUT2D eigenvalue weighted by molar-refractivity contribution is -0.0116. The van der Waals surface area contributed by atoms with E-state index in [1.807, 2.05) is 0 Å². The van der Waals surface area contributed by atoms with Crippen LogP contribution in [0.3, 0.4) is 0 Å². The van der Waals surface area contributed by atoms with Crippen molar-refractivity contribution in [3.8, 4) is 0 Å². The predicted molar refractivity (Wildman–Crippen MR) is 59.7 cm³/mol. The van der Waals surface area contributed by atoms with E-state index >= 15 is 0 Å². The summed E-state index contributed by atoms with van der Waals surface area (Å²) in [6.07, 6.45) is -0.237. The number of hydrogen-bond donors (Lipinski definition) is 2. The van der Waals surface area contributed by atoms with Crippen molar-refractivity contribution in [3.63, 3.8) is 0 Å². The van der Waals surface area contributed by atoms with Gasteiger partial charge in [-0.25, -0.2) is 0 Å². The molecule has 0 amide bonds. The quantitative estimate of drug-likeness (QED) is 0.666. The molecule has 0 aromatic carbocycles. The molecule has 8 heteroatoms. The lowest BCUT2D eigenvalue weighted by Crippen LogP contribution is -2.35. The van der Waals surface area contributed by atoms with Gasteiger partial charge in [-0.3, -0.25) is 4.18 Å². The van der Waals surface area contributed by atoms with Gasteiger partial charge in [-0.05, 0) is 0 Å². The van der Waals surface area contributed by atoms with E-state index in [-0.39, 0.29) is 18.8 Å². The number of hydrogen-bond acceptors (Lipinski definition) is 6. The highest BCUT2D eigenvalue weighted by Gasteiger charge is 2.25. The maximum atomic E-state index is 11.1. The van der Waals surface area contributed by atoms with Crippen LogP contribution in [0.1, 0.15) is 12.8 Å². The summed E-state index contributed by atoms with van der Waals surface area (Å²) in [7, 11) is -1.08. The molecule has 0 bridgehead atoms. The van der Waals surface area contributed by atoms with Crippen LogP contribution < -0.4 is 4.72 Å². The zero-order valence-electron chi connectivity index (χ0n) is 9.96. The summed E-state index contributed by atoms with van der Waals surface area (Å²) in [5, 5.41) is 9.68. The summed E-state index contributed by atoms with van der Waals surface area (Å²) in [5.41, 5.74) is 0. The molecule has 1 heterocycles. The molecule has 0 saturated carbocycles. The minimum Gasteiger partial charge on any atom is -0.393 e. The topological polar surface area (TPSA) is 94.1 Å². The number of aliphatic hydroxyl groups is 1. The van der Waals surface area contributed by atoms with Gasteiger partial charge in [-0.15, -0.1) is 0 Å². The van der Waals surface area contributed by atoms with Gasteiger partial charge in [0, 0.05) is 26.5 Å². The Hall–Kier alpha value is -0.250. The third-order valence-electron chi connectivity index (χ3n) is 2.63. The van der Waals surface area contributed by atoms with Crippen molar-refractivity contribution in [2.45, 2.75) is 31.2 Å². The van der Waals surface area contributed by atoms with E-state index in [4.69, 9.17) is 9.47 Å². The molecule has 1 unspecified atom stereocenters. The van der Waals surface area contributed by atoms with E-state index in [1.54, 1.807) is 7.11 Å². The Bertz CT molecular complexity index is 319. The lowest BCUT2D eigenvalue weighted by atomic mass is 10.1. The highest BCUT2D eigenvalue weighted by Crippen LogP contribution is 2.16. The molecule has 7 nitrogen and oxygen atoms in total. The van der Waals surface area contributed by atoms with Crippen molar-refractivity contribution < 1.29 is 27.2 Å². The van der Waals surface area contributed by atoms with Gasteiger partial charge in [0.2, 0.25) is 0 Å². The zero-order chi connectivity index (χ0) is 12.9. The second-order valence-electron chi connectivity index (χ2n) is 3.91. The first-order valence-corrected chi connectivity index (χ1v) is 6.75. The van der Waals surface area contributed by atoms with Crippen molar-refractivity contribution in [3.05, 3.63) is 0 Å². The number of ether oxygens (including phenoxy) is 2. The first kappa shape index (κ1) is 14.8. The number of aliphatic hydroxyl groups excluding tert-OH is 1. The Balaban J connectivity index is 2.44. The predicted octanol–water partition coefficient (Wildman–Crippen LogP) is -0.978. The van der Waals surface area contributed by atoms with Gasteiger partial charge in [-0.1, -0.05) is 0 Å². The molecule has 0 aromatic rings. The largest absolute Gasteiger partial charge is 0.393 e. The Morgan fingerprint density at radius 2 is 2.12 bits per heavy atom. The number of nitrogens with one attached hydrogen (secondary N) is 1. The van der Waals surface area contributed by atoms with Crippen molar-refractivity contribution in [1.29, 1.82) is 0 Å². The van der Waals surface area contributed by atoms with Gasteiger partial charge in [0.15, 0.2) is 0 Å². The third-order valence-corrected chi connectivity index (χ3v) is 3.59. The van der Waals surface area contributed by atoms with E-state index in [0.717, 1.165) is 7.11 Å². The van der Waals surface area contributed by atoms with E-state index in [0.29, 0.717) is 19.4 Å². The molecule has 0 aliphatic carbocycles. The second-order valence-corrected chi connectivity index (χ2v) is 5.44. The van der Waals surface area contributed by atoms with Crippen LogP contribution in [0.2, 0.25) is 0 Å². The summed E-state index contributed by atoms with van der Waals surface area (Å²) < 4.78 is 39.1. The Morgan fingerprint density at radius 3 is 2.71 bits per heavy atom. The van der Waals surface area contributed by atoms with Gasteiger partial charge >= 0.3 is 10.3 Å². The molecule has 3 atom stereocenters. The monoisotopic (exact) mass is 269 g/mol. The van der Waals surface area contributed by atoms with Crippen molar-refractivity contribution in [1.82, 2.24) is 4.72 Å². The fraction of sp³-hybridized carbons (Fsp3) is 1.00. The smallest absolute Gasteiger partial charge is 0.335 e.